The molecule has 1 aromatic carbocycles. The molecule has 0 bridgehead atoms. The van der Waals surface area contributed by atoms with Crippen molar-refractivity contribution in [1.82, 2.24) is 19.1 Å². The standard InChI is InChI=1S/C18H24ClN5O5S2/c1-28-8-2-5-23-13-20-22-18(23)30-12-17(25)21-14-3-4-15(19)16(11-14)31(26,27)24-6-9-29-10-7-24/h3-4,11,13H,2,5-10,12H2,1H3,(H,21,25). The van der Waals surface area contributed by atoms with Crippen molar-refractivity contribution in [3.8, 4) is 0 Å². The molecule has 0 spiro atoms. The van der Waals surface area contributed by atoms with E-state index in [-0.39, 0.29) is 34.7 Å². The molecule has 0 radical (unpaired) electrons. The molecule has 1 saturated heterocycles. The zero-order valence-electron chi connectivity index (χ0n) is 17.0. The van der Waals surface area contributed by atoms with E-state index >= 15 is 0 Å². The van der Waals surface area contributed by atoms with Crippen molar-refractivity contribution in [2.24, 2.45) is 0 Å². The van der Waals surface area contributed by atoms with E-state index in [9.17, 15) is 13.2 Å². The number of nitrogens with zero attached hydrogens (tertiary/aromatic N) is 4. The number of methoxy groups -OCH3 is 1. The molecule has 1 aliphatic rings. The molecule has 13 heteroatoms. The largest absolute Gasteiger partial charge is 0.385 e. The minimum atomic E-state index is -3.78. The number of rotatable bonds is 10. The molecule has 3 rings (SSSR count). The van der Waals surface area contributed by atoms with E-state index in [2.05, 4.69) is 15.5 Å². The van der Waals surface area contributed by atoms with Crippen LogP contribution in [0.5, 0.6) is 0 Å². The smallest absolute Gasteiger partial charge is 0.244 e. The van der Waals surface area contributed by atoms with Gasteiger partial charge in [-0.1, -0.05) is 23.4 Å². The number of nitrogens with one attached hydrogen (secondary N) is 1. The van der Waals surface area contributed by atoms with E-state index in [1.807, 2.05) is 4.57 Å². The topological polar surface area (TPSA) is 116 Å². The fraction of sp³-hybridized carbons (Fsp3) is 0.500. The van der Waals surface area contributed by atoms with Gasteiger partial charge in [0.25, 0.3) is 0 Å². The molecule has 0 unspecified atom stereocenters. The van der Waals surface area contributed by atoms with Crippen LogP contribution < -0.4 is 5.32 Å². The SMILES string of the molecule is COCCCn1cnnc1SCC(=O)Nc1ccc(Cl)c(S(=O)(=O)N2CCOCC2)c1. The van der Waals surface area contributed by atoms with Crippen molar-refractivity contribution < 1.29 is 22.7 Å². The monoisotopic (exact) mass is 489 g/mol. The van der Waals surface area contributed by atoms with Crippen LogP contribution in [0.3, 0.4) is 0 Å². The lowest BCUT2D eigenvalue weighted by Gasteiger charge is -2.26. The van der Waals surface area contributed by atoms with E-state index in [0.29, 0.717) is 37.2 Å². The summed E-state index contributed by atoms with van der Waals surface area (Å²) in [7, 11) is -2.14. The van der Waals surface area contributed by atoms with Crippen LogP contribution >= 0.6 is 23.4 Å². The third kappa shape index (κ3) is 6.40. The number of sulfonamides is 1. The maximum absolute atomic E-state index is 12.9. The Morgan fingerprint density at radius 1 is 1.35 bits per heavy atom. The first-order chi connectivity index (χ1) is 14.9. The van der Waals surface area contributed by atoms with Crippen LogP contribution in [0.2, 0.25) is 5.02 Å². The first-order valence-electron chi connectivity index (χ1n) is 9.58. The van der Waals surface area contributed by atoms with Crippen molar-refractivity contribution in [1.29, 1.82) is 0 Å². The number of thioether (sulfide) groups is 1. The summed E-state index contributed by atoms with van der Waals surface area (Å²) in [5.41, 5.74) is 0.350. The highest BCUT2D eigenvalue weighted by atomic mass is 35.5. The first kappa shape index (κ1) is 24.0. The van der Waals surface area contributed by atoms with Gasteiger partial charge < -0.3 is 19.4 Å². The molecular weight excluding hydrogens is 466 g/mol. The van der Waals surface area contributed by atoms with Gasteiger partial charge in [-0.15, -0.1) is 10.2 Å². The third-order valence-electron chi connectivity index (χ3n) is 4.46. The Hall–Kier alpha value is -1.70. The third-order valence-corrected chi connectivity index (χ3v) is 7.82. The van der Waals surface area contributed by atoms with Gasteiger partial charge in [0.05, 0.1) is 24.0 Å². The van der Waals surface area contributed by atoms with Gasteiger partial charge in [0.15, 0.2) is 5.16 Å². The minimum absolute atomic E-state index is 0.0422. The maximum atomic E-state index is 12.9. The number of carbonyl (C=O) groups excluding carboxylic acids is 1. The van der Waals surface area contributed by atoms with Crippen LogP contribution in [0.4, 0.5) is 5.69 Å². The summed E-state index contributed by atoms with van der Waals surface area (Å²) >= 11 is 7.40. The van der Waals surface area contributed by atoms with Gasteiger partial charge in [-0.2, -0.15) is 4.31 Å². The van der Waals surface area contributed by atoms with Crippen LogP contribution in [0.25, 0.3) is 0 Å². The summed E-state index contributed by atoms with van der Waals surface area (Å²) in [5, 5.41) is 11.3. The average Bonchev–Trinajstić information content (AvgIpc) is 3.22. The number of hydrogen-bond donors (Lipinski definition) is 1. The molecule has 0 aliphatic carbocycles. The van der Waals surface area contributed by atoms with Gasteiger partial charge in [0, 0.05) is 39.0 Å². The predicted molar refractivity (Wildman–Crippen MR) is 117 cm³/mol. The number of hydrogen-bond acceptors (Lipinski definition) is 8. The lowest BCUT2D eigenvalue weighted by atomic mass is 10.3. The number of aryl methyl sites for hydroxylation is 1. The van der Waals surface area contributed by atoms with Gasteiger partial charge in [0.1, 0.15) is 11.2 Å². The molecule has 170 valence electrons. The number of halogens is 1. The molecule has 2 heterocycles. The van der Waals surface area contributed by atoms with Gasteiger partial charge >= 0.3 is 0 Å². The van der Waals surface area contributed by atoms with Crippen molar-refractivity contribution in [3.05, 3.63) is 29.5 Å². The molecule has 1 aliphatic heterocycles. The fourth-order valence-corrected chi connectivity index (χ4v) is 5.57. The molecule has 0 atom stereocenters. The highest BCUT2D eigenvalue weighted by Gasteiger charge is 2.28. The lowest BCUT2D eigenvalue weighted by Crippen LogP contribution is -2.40. The summed E-state index contributed by atoms with van der Waals surface area (Å²) < 4.78 is 39.3. The van der Waals surface area contributed by atoms with Gasteiger partial charge in [-0.05, 0) is 24.6 Å². The van der Waals surface area contributed by atoms with E-state index in [1.165, 1.54) is 28.2 Å². The van der Waals surface area contributed by atoms with Gasteiger partial charge in [-0.25, -0.2) is 8.42 Å². The van der Waals surface area contributed by atoms with Crippen LogP contribution in [0.15, 0.2) is 34.6 Å². The van der Waals surface area contributed by atoms with Crippen LogP contribution in [0, 0.1) is 0 Å². The summed E-state index contributed by atoms with van der Waals surface area (Å²) in [6.45, 7) is 2.49. The second-order valence-electron chi connectivity index (χ2n) is 6.65. The Bertz CT molecular complexity index is 995. The number of aromatic nitrogens is 3. The Morgan fingerprint density at radius 2 is 2.13 bits per heavy atom. The second kappa shape index (κ2) is 11.2. The van der Waals surface area contributed by atoms with Crippen LogP contribution in [-0.2, 0) is 30.8 Å². The minimum Gasteiger partial charge on any atom is -0.385 e. The van der Waals surface area contributed by atoms with E-state index < -0.39 is 10.0 Å². The van der Waals surface area contributed by atoms with E-state index in [1.54, 1.807) is 19.5 Å². The molecule has 1 amide bonds. The Balaban J connectivity index is 1.62. The van der Waals surface area contributed by atoms with Crippen LogP contribution in [-0.4, -0.2) is 79.2 Å². The lowest BCUT2D eigenvalue weighted by molar-refractivity contribution is -0.113. The number of anilines is 1. The van der Waals surface area contributed by atoms with Gasteiger partial charge in [-0.3, -0.25) is 4.79 Å². The predicted octanol–water partition coefficient (Wildman–Crippen LogP) is 1.72. The molecule has 1 aromatic heterocycles. The molecule has 1 N–H and O–H groups in total. The number of ether oxygens (including phenoxy) is 2. The van der Waals surface area contributed by atoms with Gasteiger partial charge in [0.2, 0.25) is 15.9 Å². The molecule has 10 nitrogen and oxygen atoms in total. The van der Waals surface area contributed by atoms with Crippen molar-refractivity contribution in [2.75, 3.05) is 51.1 Å². The normalized spacial score (nSPS) is 15.2. The number of benzene rings is 1. The van der Waals surface area contributed by atoms with Crippen molar-refractivity contribution in [2.45, 2.75) is 23.0 Å². The highest BCUT2D eigenvalue weighted by molar-refractivity contribution is 7.99. The molecular formula is C18H24ClN5O5S2. The average molecular weight is 490 g/mol. The number of amides is 1. The quantitative estimate of drug-likeness (QED) is 0.396. The highest BCUT2D eigenvalue weighted by Crippen LogP contribution is 2.28. The molecule has 2 aromatic rings. The Labute approximate surface area is 190 Å². The molecule has 1 fully saturated rings. The first-order valence-corrected chi connectivity index (χ1v) is 12.4. The molecule has 31 heavy (non-hydrogen) atoms. The van der Waals surface area contributed by atoms with Crippen LogP contribution in [0.1, 0.15) is 6.42 Å². The molecule has 0 saturated carbocycles. The van der Waals surface area contributed by atoms with E-state index in [4.69, 9.17) is 21.1 Å². The summed E-state index contributed by atoms with van der Waals surface area (Å²) in [6, 6.07) is 4.41. The maximum Gasteiger partial charge on any atom is 0.244 e. The summed E-state index contributed by atoms with van der Waals surface area (Å²) in [6.07, 6.45) is 2.41. The fourth-order valence-electron chi connectivity index (χ4n) is 2.92. The van der Waals surface area contributed by atoms with Crippen molar-refractivity contribution >= 4 is 45.0 Å². The van der Waals surface area contributed by atoms with Crippen molar-refractivity contribution in [3.63, 3.8) is 0 Å². The zero-order valence-corrected chi connectivity index (χ0v) is 19.4. The number of carbonyl (C=O) groups is 1. The Kier molecular flexibility index (Phi) is 8.69. The second-order valence-corrected chi connectivity index (χ2v) is 9.91. The number of morpholine rings is 1. The van der Waals surface area contributed by atoms with E-state index in [0.717, 1.165) is 6.42 Å². The Morgan fingerprint density at radius 3 is 2.87 bits per heavy atom. The summed E-state index contributed by atoms with van der Waals surface area (Å²) in [4.78, 5) is 12.4. The zero-order chi connectivity index (χ0) is 22.3. The summed E-state index contributed by atoms with van der Waals surface area (Å²) in [5.74, 6) is -0.203.